The predicted molar refractivity (Wildman–Crippen MR) is 177 cm³/mol. The van der Waals surface area contributed by atoms with Crippen LogP contribution in [0.5, 0.6) is 23.0 Å². The number of aryl methyl sites for hydroxylation is 4. The lowest BCUT2D eigenvalue weighted by Crippen LogP contribution is -2.53. The van der Waals surface area contributed by atoms with Crippen LogP contribution in [0.4, 0.5) is 52.7 Å². The number of halogens is 16. The molecule has 0 saturated heterocycles. The molecule has 4 aromatic carbocycles. The summed E-state index contributed by atoms with van der Waals surface area (Å²) in [4.78, 5) is 0. The zero-order valence-electron chi connectivity index (χ0n) is 27.5. The molecule has 0 aliphatic heterocycles. The maximum absolute atomic E-state index is 15.9. The summed E-state index contributed by atoms with van der Waals surface area (Å²) in [7, 11) is 0. The van der Waals surface area contributed by atoms with Gasteiger partial charge in [0.1, 0.15) is 11.5 Å². The average molecular weight is 866 g/mol. The Bertz CT molecular complexity index is 1730. The zero-order valence-corrected chi connectivity index (χ0v) is 30.5. The monoisotopic (exact) mass is 864 g/mol. The van der Waals surface area contributed by atoms with E-state index in [2.05, 4.69) is 0 Å². The lowest BCUT2D eigenvalue weighted by Gasteiger charge is -2.36. The van der Waals surface area contributed by atoms with Gasteiger partial charge in [-0.3, -0.25) is 0 Å². The van der Waals surface area contributed by atoms with Crippen LogP contribution < -0.4 is 0 Å². The van der Waals surface area contributed by atoms with E-state index >= 15 is 8.78 Å². The van der Waals surface area contributed by atoms with Gasteiger partial charge in [-0.15, -0.1) is 0 Å². The lowest BCUT2D eigenvalue weighted by atomic mass is 9.79. The Kier molecular flexibility index (Phi) is 12.3. The molecular weight excluding hydrogens is 842 g/mol. The SMILES string of the molecule is Cc1cc(C(F)(c2cc(C)c(O)c(C)c2)C(F)(F)C(F)(F)F)cc(C)c1O.Oc1c(Cl)cc(C(F)(c2cc(Cl)c(O)c(Cl)c2)C(F)(F)C(F)(F)F)cc1Cl. The highest BCUT2D eigenvalue weighted by Crippen LogP contribution is 2.58. The Morgan fingerprint density at radius 2 is 0.537 bits per heavy atom. The van der Waals surface area contributed by atoms with E-state index in [0.29, 0.717) is 24.3 Å². The van der Waals surface area contributed by atoms with Gasteiger partial charge in [-0.1, -0.05) is 46.4 Å². The van der Waals surface area contributed by atoms with Crippen molar-refractivity contribution >= 4 is 46.4 Å². The Morgan fingerprint density at radius 3 is 0.722 bits per heavy atom. The van der Waals surface area contributed by atoms with E-state index in [1.54, 1.807) is 0 Å². The minimum Gasteiger partial charge on any atom is -0.507 e. The molecule has 4 N–H and O–H groups in total. The summed E-state index contributed by atoms with van der Waals surface area (Å²) in [6, 6.07) is 4.49. The molecule has 0 unspecified atom stereocenters. The summed E-state index contributed by atoms with van der Waals surface area (Å²) in [5.41, 5.74) is -13.6. The largest absolute Gasteiger partial charge is 0.507 e. The maximum atomic E-state index is 15.9. The summed E-state index contributed by atoms with van der Waals surface area (Å²) >= 11 is 22.2. The van der Waals surface area contributed by atoms with Crippen molar-refractivity contribution in [3.05, 3.63) is 113 Å². The highest BCUT2D eigenvalue weighted by atomic mass is 35.5. The van der Waals surface area contributed by atoms with Crippen LogP contribution in [0.25, 0.3) is 0 Å². The fourth-order valence-electron chi connectivity index (χ4n) is 5.29. The van der Waals surface area contributed by atoms with Crippen LogP contribution in [0, 0.1) is 27.7 Å². The molecule has 4 rings (SSSR count). The molecule has 0 aliphatic rings. The summed E-state index contributed by atoms with van der Waals surface area (Å²) in [5, 5.41) is 35.5. The van der Waals surface area contributed by atoms with Gasteiger partial charge in [-0.05, 0) is 98.5 Å². The molecule has 0 saturated carbocycles. The molecule has 0 aliphatic carbocycles. The Morgan fingerprint density at radius 1 is 0.352 bits per heavy atom. The molecule has 0 bridgehead atoms. The van der Waals surface area contributed by atoms with Crippen molar-refractivity contribution < 1.29 is 73.1 Å². The standard InChI is InChI=1S/C19H18F6O2.C15H6Cl4F6O2/c1-9-5-13(6-10(2)15(9)26)17(20,18(21,22)19(23,24)25)14-7-11(3)16(27)12(4)8-14;16-7-1-5(2-8(17)11(7)26)13(20,14(21,22)15(23,24)25)6-3-9(18)12(27)10(19)4-6/h5-8,26-27H,1-4H3;1-4,26-27H. The van der Waals surface area contributed by atoms with Gasteiger partial charge >= 0.3 is 24.2 Å². The van der Waals surface area contributed by atoms with Crippen molar-refractivity contribution in [1.29, 1.82) is 0 Å². The molecule has 0 amide bonds. The smallest absolute Gasteiger partial charge is 0.457 e. The Labute approximate surface area is 318 Å². The van der Waals surface area contributed by atoms with E-state index in [1.807, 2.05) is 0 Å². The molecule has 0 fully saturated rings. The number of aromatic hydroxyl groups is 4. The minimum absolute atomic E-state index is 0.0442. The maximum Gasteiger partial charge on any atom is 0.457 e. The fraction of sp³-hybridized carbons (Fsp3) is 0.294. The van der Waals surface area contributed by atoms with Gasteiger partial charge in [0.15, 0.2) is 11.5 Å². The van der Waals surface area contributed by atoms with E-state index in [4.69, 9.17) is 46.4 Å². The van der Waals surface area contributed by atoms with Gasteiger partial charge in [-0.2, -0.15) is 43.9 Å². The molecule has 54 heavy (non-hydrogen) atoms. The van der Waals surface area contributed by atoms with E-state index in [9.17, 15) is 64.3 Å². The Hall–Kier alpha value is -3.60. The molecule has 20 heteroatoms. The van der Waals surface area contributed by atoms with Gasteiger partial charge in [0, 0.05) is 22.3 Å². The normalized spacial score (nSPS) is 13.1. The van der Waals surface area contributed by atoms with Crippen molar-refractivity contribution in [2.45, 2.75) is 63.2 Å². The number of phenols is 4. The van der Waals surface area contributed by atoms with Gasteiger partial charge in [0.2, 0.25) is 11.3 Å². The lowest BCUT2D eigenvalue weighted by molar-refractivity contribution is -0.323. The first-order chi connectivity index (χ1) is 24.3. The van der Waals surface area contributed by atoms with Crippen molar-refractivity contribution in [3.8, 4) is 23.0 Å². The van der Waals surface area contributed by atoms with Crippen LogP contribution in [-0.2, 0) is 11.3 Å². The van der Waals surface area contributed by atoms with Crippen LogP contribution in [0.1, 0.15) is 44.5 Å². The molecule has 0 spiro atoms. The van der Waals surface area contributed by atoms with Gasteiger partial charge in [0.25, 0.3) is 0 Å². The third-order valence-corrected chi connectivity index (χ3v) is 9.34. The number of hydrogen-bond acceptors (Lipinski definition) is 4. The number of phenolic OH excluding ortho intramolecular Hbond substituents is 4. The first-order valence-electron chi connectivity index (χ1n) is 14.5. The molecule has 0 atom stereocenters. The number of hydrogen-bond donors (Lipinski definition) is 4. The second-order valence-corrected chi connectivity index (χ2v) is 13.6. The average Bonchev–Trinajstić information content (AvgIpc) is 3.04. The summed E-state index contributed by atoms with van der Waals surface area (Å²) in [6.45, 7) is 5.08. The van der Waals surface area contributed by atoms with Crippen molar-refractivity contribution in [2.75, 3.05) is 0 Å². The van der Waals surface area contributed by atoms with Crippen LogP contribution in [0.15, 0.2) is 48.5 Å². The van der Waals surface area contributed by atoms with Gasteiger partial charge in [0.05, 0.1) is 20.1 Å². The minimum atomic E-state index is -6.35. The predicted octanol–water partition coefficient (Wildman–Crippen LogP) is 12.9. The van der Waals surface area contributed by atoms with E-state index in [1.165, 1.54) is 27.7 Å². The first-order valence-corrected chi connectivity index (χ1v) is 16.0. The quantitative estimate of drug-likeness (QED) is 0.146. The first kappa shape index (κ1) is 44.8. The second kappa shape index (κ2) is 14.8. The van der Waals surface area contributed by atoms with Crippen molar-refractivity contribution in [3.63, 3.8) is 0 Å². The number of rotatable bonds is 6. The Balaban J connectivity index is 0.000000290. The zero-order chi connectivity index (χ0) is 41.9. The molecular formula is C34H24Cl4F12O4. The highest BCUT2D eigenvalue weighted by molar-refractivity contribution is 6.37. The van der Waals surface area contributed by atoms with Crippen molar-refractivity contribution in [2.24, 2.45) is 0 Å². The fourth-order valence-corrected chi connectivity index (χ4v) is 6.26. The second-order valence-electron chi connectivity index (χ2n) is 12.0. The molecule has 0 radical (unpaired) electrons. The topological polar surface area (TPSA) is 80.9 Å². The van der Waals surface area contributed by atoms with Crippen LogP contribution in [0.2, 0.25) is 20.1 Å². The summed E-state index contributed by atoms with van der Waals surface area (Å²) in [6.07, 6.45) is -12.5. The van der Waals surface area contributed by atoms with E-state index in [0.717, 1.165) is 24.3 Å². The third-order valence-electron chi connectivity index (χ3n) is 8.18. The van der Waals surface area contributed by atoms with Crippen LogP contribution >= 0.6 is 46.4 Å². The summed E-state index contributed by atoms with van der Waals surface area (Å²) in [5.74, 6) is -14.1. The molecule has 296 valence electrons. The molecule has 4 aromatic rings. The third kappa shape index (κ3) is 7.50. The number of benzene rings is 4. The van der Waals surface area contributed by atoms with Crippen LogP contribution in [-0.4, -0.2) is 44.6 Å². The summed E-state index contributed by atoms with van der Waals surface area (Å²) < 4.78 is 168. The highest BCUT2D eigenvalue weighted by Gasteiger charge is 2.74. The van der Waals surface area contributed by atoms with Crippen molar-refractivity contribution in [1.82, 2.24) is 0 Å². The van der Waals surface area contributed by atoms with Crippen LogP contribution in [0.3, 0.4) is 0 Å². The molecule has 4 nitrogen and oxygen atoms in total. The van der Waals surface area contributed by atoms with E-state index < -0.39 is 89.4 Å². The van der Waals surface area contributed by atoms with Gasteiger partial charge < -0.3 is 20.4 Å². The van der Waals surface area contributed by atoms with Gasteiger partial charge in [-0.25, -0.2) is 8.78 Å². The molecule has 0 aromatic heterocycles. The number of alkyl halides is 12. The molecule has 0 heterocycles. The van der Waals surface area contributed by atoms with E-state index in [-0.39, 0.29) is 33.8 Å².